The minimum atomic E-state index is -0.657. The summed E-state index contributed by atoms with van der Waals surface area (Å²) in [5.74, 6) is 2.62. The third-order valence-electron chi connectivity index (χ3n) is 7.05. The fraction of sp³-hybridized carbons (Fsp3) is 0.615. The van der Waals surface area contributed by atoms with E-state index in [0.717, 1.165) is 29.5 Å². The predicted molar refractivity (Wildman–Crippen MR) is 148 cm³/mol. The van der Waals surface area contributed by atoms with Crippen LogP contribution in [0.3, 0.4) is 0 Å². The van der Waals surface area contributed by atoms with Crippen LogP contribution in [-0.4, -0.2) is 103 Å². The fourth-order valence-corrected chi connectivity index (χ4v) is 5.21. The Morgan fingerprint density at radius 1 is 1.08 bits per heavy atom. The summed E-state index contributed by atoms with van der Waals surface area (Å²) in [6.07, 6.45) is 2.76. The minimum Gasteiger partial charge on any atom is -0.393 e. The zero-order valence-corrected chi connectivity index (χ0v) is 23.1. The van der Waals surface area contributed by atoms with Crippen molar-refractivity contribution in [3.8, 4) is 11.4 Å². The maximum absolute atomic E-state index is 12.7. The number of aliphatic hydroxyl groups excluding tert-OH is 1. The first-order valence-electron chi connectivity index (χ1n) is 13.6. The van der Waals surface area contributed by atoms with Gasteiger partial charge in [-0.25, -0.2) is 24.9 Å². The van der Waals surface area contributed by atoms with Crippen LogP contribution >= 0.6 is 0 Å². The lowest BCUT2D eigenvalue weighted by Gasteiger charge is -2.40. The van der Waals surface area contributed by atoms with Crippen molar-refractivity contribution in [3.05, 3.63) is 12.4 Å². The summed E-state index contributed by atoms with van der Waals surface area (Å²) in [7, 11) is 0. The lowest BCUT2D eigenvalue weighted by molar-refractivity contribution is -0.135. The van der Waals surface area contributed by atoms with Crippen LogP contribution in [0.25, 0.3) is 22.6 Å². The smallest absolute Gasteiger partial charge is 0.225 e. The number of hydrogen-bond donors (Lipinski definition) is 2. The number of ether oxygens (including phenoxy) is 1. The Kier molecular flexibility index (Phi) is 7.80. The summed E-state index contributed by atoms with van der Waals surface area (Å²) in [6, 6.07) is -0.0235. The molecule has 5 rings (SSSR count). The van der Waals surface area contributed by atoms with Gasteiger partial charge in [0.05, 0.1) is 31.3 Å². The van der Waals surface area contributed by atoms with Gasteiger partial charge in [-0.15, -0.1) is 0 Å². The van der Waals surface area contributed by atoms with Crippen LogP contribution in [0.4, 0.5) is 17.7 Å². The van der Waals surface area contributed by atoms with E-state index >= 15 is 0 Å². The Morgan fingerprint density at radius 2 is 1.79 bits per heavy atom. The molecule has 0 spiro atoms. The van der Waals surface area contributed by atoms with E-state index in [4.69, 9.17) is 25.4 Å². The van der Waals surface area contributed by atoms with Gasteiger partial charge in [0.15, 0.2) is 22.8 Å². The van der Waals surface area contributed by atoms with Gasteiger partial charge in [0.2, 0.25) is 17.8 Å². The lowest BCUT2D eigenvalue weighted by Crippen LogP contribution is -2.55. The van der Waals surface area contributed by atoms with E-state index in [2.05, 4.69) is 38.2 Å². The summed E-state index contributed by atoms with van der Waals surface area (Å²) >= 11 is 0. The van der Waals surface area contributed by atoms with Gasteiger partial charge in [-0.2, -0.15) is 0 Å². The number of fused-ring (bicyclic) bond motifs is 1. The van der Waals surface area contributed by atoms with Gasteiger partial charge in [-0.1, -0.05) is 13.8 Å². The first-order valence-corrected chi connectivity index (χ1v) is 13.6. The van der Waals surface area contributed by atoms with Crippen molar-refractivity contribution in [3.63, 3.8) is 0 Å². The highest BCUT2D eigenvalue weighted by molar-refractivity contribution is 5.88. The predicted octanol–water partition coefficient (Wildman–Crippen LogP) is 1.17. The van der Waals surface area contributed by atoms with Crippen LogP contribution in [0.15, 0.2) is 12.4 Å². The van der Waals surface area contributed by atoms with E-state index in [0.29, 0.717) is 63.2 Å². The van der Waals surface area contributed by atoms with Crippen molar-refractivity contribution < 1.29 is 14.6 Å². The number of carbonyl (C=O) groups is 1. The van der Waals surface area contributed by atoms with Gasteiger partial charge in [0.1, 0.15) is 0 Å². The highest BCUT2D eigenvalue weighted by Gasteiger charge is 2.32. The lowest BCUT2D eigenvalue weighted by atomic mass is 10.1. The number of aliphatic hydroxyl groups is 1. The number of anilines is 3. The van der Waals surface area contributed by atoms with E-state index in [1.165, 1.54) is 0 Å². The molecule has 2 aliphatic rings. The van der Waals surface area contributed by atoms with E-state index in [-0.39, 0.29) is 24.3 Å². The second kappa shape index (κ2) is 11.3. The number of carbonyl (C=O) groups excluding carboxylic acids is 1. The number of nitrogens with zero attached hydrogens (tertiary/aromatic N) is 9. The molecule has 0 radical (unpaired) electrons. The molecular weight excluding hydrogens is 500 g/mol. The molecule has 39 heavy (non-hydrogen) atoms. The number of aromatic nitrogens is 6. The van der Waals surface area contributed by atoms with E-state index in [1.807, 2.05) is 11.8 Å². The molecule has 2 saturated heterocycles. The first-order chi connectivity index (χ1) is 18.7. The van der Waals surface area contributed by atoms with Crippen molar-refractivity contribution in [1.82, 2.24) is 34.4 Å². The summed E-state index contributed by atoms with van der Waals surface area (Å²) in [5, 5.41) is 9.71. The molecule has 2 aliphatic heterocycles. The Balaban J connectivity index is 1.58. The monoisotopic (exact) mass is 538 g/mol. The van der Waals surface area contributed by atoms with Gasteiger partial charge in [-0.3, -0.25) is 9.36 Å². The van der Waals surface area contributed by atoms with E-state index in [9.17, 15) is 9.90 Å². The standard InChI is InChI=1S/C26H38N10O3/c1-16(2)14-36-24-21(30-26(36)34-5-6-35(17(3)15-34)20(38)11-18(4)37)23(33-7-9-39-10-8-33)31-22(32-24)19-12-28-25(27)29-13-19/h12-13,16-18,37H,5-11,14-15H2,1-4H3,(H2,27,28,29)/t17-,18+/m0/s1. The van der Waals surface area contributed by atoms with E-state index in [1.54, 1.807) is 19.3 Å². The maximum atomic E-state index is 12.7. The van der Waals surface area contributed by atoms with Crippen LogP contribution in [0.2, 0.25) is 0 Å². The molecule has 2 fully saturated rings. The molecule has 2 atom stereocenters. The number of imidazole rings is 1. The molecule has 5 heterocycles. The van der Waals surface area contributed by atoms with Gasteiger partial charge >= 0.3 is 0 Å². The van der Waals surface area contributed by atoms with Gasteiger partial charge in [0, 0.05) is 57.7 Å². The second-order valence-corrected chi connectivity index (χ2v) is 10.8. The quantitative estimate of drug-likeness (QED) is 0.446. The van der Waals surface area contributed by atoms with Crippen LogP contribution in [0.1, 0.15) is 34.1 Å². The molecule has 1 amide bonds. The van der Waals surface area contributed by atoms with Gasteiger partial charge < -0.3 is 30.3 Å². The summed E-state index contributed by atoms with van der Waals surface area (Å²) in [6.45, 7) is 13.2. The third-order valence-corrected chi connectivity index (χ3v) is 7.05. The number of nitrogen functional groups attached to an aromatic ring is 1. The molecule has 0 unspecified atom stereocenters. The number of rotatable bonds is 7. The average Bonchev–Trinajstić information content (AvgIpc) is 3.26. The largest absolute Gasteiger partial charge is 0.393 e. The van der Waals surface area contributed by atoms with Crippen LogP contribution in [0, 0.1) is 5.92 Å². The maximum Gasteiger partial charge on any atom is 0.225 e. The Morgan fingerprint density at radius 3 is 2.44 bits per heavy atom. The molecule has 0 aliphatic carbocycles. The van der Waals surface area contributed by atoms with Crippen LogP contribution in [-0.2, 0) is 16.1 Å². The number of hydrogen-bond acceptors (Lipinski definition) is 11. The average molecular weight is 539 g/mol. The van der Waals surface area contributed by atoms with Crippen molar-refractivity contribution in [2.75, 3.05) is 61.5 Å². The highest BCUT2D eigenvalue weighted by atomic mass is 16.5. The van der Waals surface area contributed by atoms with Crippen molar-refractivity contribution in [2.24, 2.45) is 5.92 Å². The van der Waals surface area contributed by atoms with Crippen molar-refractivity contribution in [2.45, 2.75) is 52.8 Å². The molecule has 0 bridgehead atoms. The molecule has 0 saturated carbocycles. The number of morpholine rings is 1. The molecule has 13 nitrogen and oxygen atoms in total. The van der Waals surface area contributed by atoms with Crippen molar-refractivity contribution in [1.29, 1.82) is 0 Å². The normalized spacial score (nSPS) is 19.2. The molecule has 210 valence electrons. The Hall–Kier alpha value is -3.58. The number of nitrogens with two attached hydrogens (primary N) is 1. The molecular formula is C26H38N10O3. The zero-order valence-electron chi connectivity index (χ0n) is 23.1. The Bertz CT molecular complexity index is 1300. The van der Waals surface area contributed by atoms with E-state index < -0.39 is 6.10 Å². The van der Waals surface area contributed by atoms with Crippen LogP contribution < -0.4 is 15.5 Å². The summed E-state index contributed by atoms with van der Waals surface area (Å²) < 4.78 is 7.78. The van der Waals surface area contributed by atoms with Gasteiger partial charge in [0.25, 0.3) is 0 Å². The second-order valence-electron chi connectivity index (χ2n) is 10.8. The number of piperazine rings is 1. The molecule has 3 aromatic rings. The summed E-state index contributed by atoms with van der Waals surface area (Å²) in [5.41, 5.74) is 7.90. The molecule has 3 N–H and O–H groups in total. The molecule has 3 aromatic heterocycles. The highest BCUT2D eigenvalue weighted by Crippen LogP contribution is 2.32. The molecule has 0 aromatic carbocycles. The zero-order chi connectivity index (χ0) is 27.7. The fourth-order valence-electron chi connectivity index (χ4n) is 5.21. The van der Waals surface area contributed by atoms with Crippen molar-refractivity contribution >= 4 is 34.8 Å². The Labute approximate surface area is 228 Å². The van der Waals surface area contributed by atoms with Crippen LogP contribution in [0.5, 0.6) is 0 Å². The SMILES string of the molecule is CC(C)Cn1c(N2CCN(C(=O)C[C@@H](C)O)[C@@H](C)C2)nc2c(N3CCOCC3)nc(-c3cnc(N)nc3)nc21. The molecule has 13 heteroatoms. The summed E-state index contributed by atoms with van der Waals surface area (Å²) in [4.78, 5) is 42.4. The minimum absolute atomic E-state index is 0.0235. The topological polar surface area (TPSA) is 152 Å². The first kappa shape index (κ1) is 27.0. The number of amides is 1. The third kappa shape index (κ3) is 5.74. The van der Waals surface area contributed by atoms with Gasteiger partial charge in [-0.05, 0) is 19.8 Å².